The van der Waals surface area contributed by atoms with E-state index in [2.05, 4.69) is 21.0 Å². The number of aromatic amines is 1. The van der Waals surface area contributed by atoms with Crippen molar-refractivity contribution in [3.05, 3.63) is 70.6 Å². The summed E-state index contributed by atoms with van der Waals surface area (Å²) in [7, 11) is 0. The van der Waals surface area contributed by atoms with Crippen molar-refractivity contribution >= 4 is 16.9 Å². The van der Waals surface area contributed by atoms with Gasteiger partial charge in [-0.25, -0.2) is 14.4 Å². The molecule has 1 aliphatic heterocycles. The number of fused-ring (bicyclic) bond motifs is 2. The van der Waals surface area contributed by atoms with Gasteiger partial charge in [-0.15, -0.1) is 0 Å². The summed E-state index contributed by atoms with van der Waals surface area (Å²) in [6.45, 7) is 4.85. The Morgan fingerprint density at radius 3 is 2.76 bits per heavy atom. The molecule has 1 atom stereocenters. The standard InChI is InChI=1S/C25H25FN4O3/c1-13-21(33-24(29-13)25(2,3)26)23(31)30-11-10-16-19(28-12-27-16)20(30)22-18(14-8-9-14)15-6-4-5-7-17(15)32-22/h4-7,12,14,20H,8-11H2,1-3H3,(H,27,28)/t20-/m0/s1. The maximum Gasteiger partial charge on any atom is 0.292 e. The second-order valence-corrected chi connectivity index (χ2v) is 9.47. The van der Waals surface area contributed by atoms with Crippen molar-refractivity contribution in [3.8, 4) is 0 Å². The molecule has 170 valence electrons. The molecule has 0 spiro atoms. The molecule has 0 unspecified atom stereocenters. The Hall–Kier alpha value is -3.42. The first-order chi connectivity index (χ1) is 15.8. The van der Waals surface area contributed by atoms with Gasteiger partial charge in [0.05, 0.1) is 17.7 Å². The zero-order chi connectivity index (χ0) is 22.9. The average molecular weight is 448 g/mol. The van der Waals surface area contributed by atoms with Crippen LogP contribution in [-0.2, 0) is 12.1 Å². The van der Waals surface area contributed by atoms with Gasteiger partial charge >= 0.3 is 0 Å². The number of alkyl halides is 1. The fraction of sp³-hybridized carbons (Fsp3) is 0.400. The molecule has 0 saturated heterocycles. The number of benzene rings is 1. The lowest BCUT2D eigenvalue weighted by atomic mass is 9.95. The minimum atomic E-state index is -1.78. The van der Waals surface area contributed by atoms with Crippen LogP contribution < -0.4 is 0 Å². The predicted molar refractivity (Wildman–Crippen MR) is 119 cm³/mol. The van der Waals surface area contributed by atoms with E-state index in [9.17, 15) is 9.18 Å². The molecule has 4 aromatic rings. The van der Waals surface area contributed by atoms with Gasteiger partial charge in [-0.1, -0.05) is 18.2 Å². The third-order valence-corrected chi connectivity index (χ3v) is 6.58. The van der Waals surface area contributed by atoms with E-state index in [-0.39, 0.29) is 17.6 Å². The van der Waals surface area contributed by atoms with Crippen molar-refractivity contribution in [3.63, 3.8) is 0 Å². The zero-order valence-electron chi connectivity index (χ0n) is 18.8. The van der Waals surface area contributed by atoms with Crippen molar-refractivity contribution < 1.29 is 18.0 Å². The van der Waals surface area contributed by atoms with E-state index in [4.69, 9.17) is 8.83 Å². The molecule has 33 heavy (non-hydrogen) atoms. The van der Waals surface area contributed by atoms with Gasteiger partial charge in [-0.2, -0.15) is 0 Å². The van der Waals surface area contributed by atoms with E-state index in [1.807, 2.05) is 18.2 Å². The van der Waals surface area contributed by atoms with Gasteiger partial charge in [0.1, 0.15) is 17.4 Å². The molecule has 1 aromatic carbocycles. The Balaban J connectivity index is 1.50. The number of nitrogens with zero attached hydrogens (tertiary/aromatic N) is 3. The number of hydrogen-bond donors (Lipinski definition) is 1. The second-order valence-electron chi connectivity index (χ2n) is 9.47. The highest BCUT2D eigenvalue weighted by atomic mass is 19.1. The second kappa shape index (κ2) is 7.04. The number of nitrogens with one attached hydrogen (secondary N) is 1. The summed E-state index contributed by atoms with van der Waals surface area (Å²) < 4.78 is 26.6. The summed E-state index contributed by atoms with van der Waals surface area (Å²) in [5.41, 5.74) is 2.33. The van der Waals surface area contributed by atoms with Gasteiger partial charge in [0.15, 0.2) is 5.67 Å². The summed E-state index contributed by atoms with van der Waals surface area (Å²) >= 11 is 0. The molecule has 0 radical (unpaired) electrons. The molecule has 1 saturated carbocycles. The van der Waals surface area contributed by atoms with Crippen LogP contribution >= 0.6 is 0 Å². The fourth-order valence-electron chi connectivity index (χ4n) is 4.82. The monoisotopic (exact) mass is 448 g/mol. The van der Waals surface area contributed by atoms with Crippen molar-refractivity contribution in [2.24, 2.45) is 0 Å². The van der Waals surface area contributed by atoms with Crippen LogP contribution in [0.1, 0.15) is 83.5 Å². The van der Waals surface area contributed by atoms with Crippen LogP contribution in [-0.4, -0.2) is 32.3 Å². The maximum atomic E-state index is 14.5. The molecule has 4 heterocycles. The van der Waals surface area contributed by atoms with Crippen LogP contribution in [0.2, 0.25) is 0 Å². The molecule has 1 amide bonds. The third kappa shape index (κ3) is 3.19. The highest BCUT2D eigenvalue weighted by Gasteiger charge is 2.43. The smallest absolute Gasteiger partial charge is 0.292 e. The van der Waals surface area contributed by atoms with Crippen molar-refractivity contribution in [1.29, 1.82) is 0 Å². The Labute approximate surface area is 190 Å². The number of rotatable bonds is 4. The number of H-pyrrole nitrogens is 1. The predicted octanol–water partition coefficient (Wildman–Crippen LogP) is 5.32. The number of hydrogen-bond acceptors (Lipinski definition) is 5. The van der Waals surface area contributed by atoms with E-state index >= 15 is 0 Å². The molecule has 3 aromatic heterocycles. The van der Waals surface area contributed by atoms with Gasteiger partial charge in [0.25, 0.3) is 5.91 Å². The molecule has 0 bridgehead atoms. The van der Waals surface area contributed by atoms with Crippen LogP contribution in [0.3, 0.4) is 0 Å². The number of furan rings is 1. The maximum absolute atomic E-state index is 14.5. The molecule has 8 heteroatoms. The first-order valence-electron chi connectivity index (χ1n) is 11.3. The number of oxazole rings is 1. The molecular formula is C25H25FN4O3. The van der Waals surface area contributed by atoms with Gasteiger partial charge in [-0.05, 0) is 45.6 Å². The summed E-state index contributed by atoms with van der Waals surface area (Å²) in [5, 5.41) is 1.09. The topological polar surface area (TPSA) is 88.2 Å². The van der Waals surface area contributed by atoms with Crippen molar-refractivity contribution in [2.75, 3.05) is 6.54 Å². The number of carbonyl (C=O) groups is 1. The SMILES string of the molecule is Cc1nc(C(C)(C)F)oc1C(=O)N1CCc2[nH]cnc2[C@H]1c1oc2ccccc2c1C1CC1. The number of halogens is 1. The average Bonchev–Trinajstić information content (AvgIpc) is 3.20. The lowest BCUT2D eigenvalue weighted by Gasteiger charge is -2.33. The van der Waals surface area contributed by atoms with E-state index in [0.717, 1.165) is 46.5 Å². The number of aryl methyl sites for hydroxylation is 1. The number of amides is 1. The highest BCUT2D eigenvalue weighted by molar-refractivity contribution is 5.93. The Morgan fingerprint density at radius 1 is 1.24 bits per heavy atom. The van der Waals surface area contributed by atoms with Gasteiger partial charge in [0.2, 0.25) is 11.7 Å². The van der Waals surface area contributed by atoms with Gasteiger partial charge < -0.3 is 18.7 Å². The molecule has 1 fully saturated rings. The van der Waals surface area contributed by atoms with Crippen LogP contribution in [0.15, 0.2) is 39.4 Å². The Kier molecular flexibility index (Phi) is 4.31. The van der Waals surface area contributed by atoms with E-state index in [1.54, 1.807) is 18.2 Å². The quantitative estimate of drug-likeness (QED) is 0.456. The molecule has 6 rings (SSSR count). The molecule has 2 aliphatic rings. The first kappa shape index (κ1) is 20.2. The number of para-hydroxylation sites is 1. The summed E-state index contributed by atoms with van der Waals surface area (Å²) in [5.74, 6) is 0.791. The molecular weight excluding hydrogens is 423 g/mol. The van der Waals surface area contributed by atoms with Crippen LogP contribution in [0.4, 0.5) is 4.39 Å². The Bertz CT molecular complexity index is 1370. The van der Waals surface area contributed by atoms with Crippen molar-refractivity contribution in [1.82, 2.24) is 19.9 Å². The fourth-order valence-corrected chi connectivity index (χ4v) is 4.82. The van der Waals surface area contributed by atoms with Crippen LogP contribution in [0.5, 0.6) is 0 Å². The third-order valence-electron chi connectivity index (χ3n) is 6.58. The largest absolute Gasteiger partial charge is 0.458 e. The van der Waals surface area contributed by atoms with Crippen molar-refractivity contribution in [2.45, 2.75) is 57.7 Å². The molecule has 1 N–H and O–H groups in total. The summed E-state index contributed by atoms with van der Waals surface area (Å²) in [6.07, 6.45) is 4.49. The van der Waals surface area contributed by atoms with E-state index in [1.165, 1.54) is 13.8 Å². The minimum absolute atomic E-state index is 0.0591. The van der Waals surface area contributed by atoms with Crippen LogP contribution in [0, 0.1) is 6.92 Å². The first-order valence-corrected chi connectivity index (χ1v) is 11.3. The number of imidazole rings is 1. The highest BCUT2D eigenvalue weighted by Crippen LogP contribution is 2.50. The summed E-state index contributed by atoms with van der Waals surface area (Å²) in [6, 6.07) is 7.50. The van der Waals surface area contributed by atoms with E-state index < -0.39 is 11.7 Å². The normalized spacial score (nSPS) is 18.7. The van der Waals surface area contributed by atoms with Gasteiger partial charge in [0, 0.05) is 29.6 Å². The van der Waals surface area contributed by atoms with E-state index in [0.29, 0.717) is 24.6 Å². The Morgan fingerprint density at radius 2 is 2.03 bits per heavy atom. The lowest BCUT2D eigenvalue weighted by Crippen LogP contribution is -2.41. The number of carbonyl (C=O) groups excluding carboxylic acids is 1. The summed E-state index contributed by atoms with van der Waals surface area (Å²) in [4.78, 5) is 27.5. The lowest BCUT2D eigenvalue weighted by molar-refractivity contribution is 0.0627. The number of aromatic nitrogens is 3. The van der Waals surface area contributed by atoms with Gasteiger partial charge in [-0.3, -0.25) is 4.79 Å². The molecule has 1 aliphatic carbocycles. The van der Waals surface area contributed by atoms with Crippen LogP contribution in [0.25, 0.3) is 11.0 Å². The zero-order valence-corrected chi connectivity index (χ0v) is 18.8. The minimum Gasteiger partial charge on any atom is -0.458 e. The molecule has 7 nitrogen and oxygen atoms in total.